The van der Waals surface area contributed by atoms with Crippen LogP contribution >= 0.6 is 0 Å². The molecule has 0 bridgehead atoms. The summed E-state index contributed by atoms with van der Waals surface area (Å²) in [5.74, 6) is 0.335. The number of hydrogen-bond donors (Lipinski definition) is 1. The quantitative estimate of drug-likeness (QED) is 0.811. The van der Waals surface area contributed by atoms with Crippen LogP contribution in [0, 0.1) is 23.1 Å². The molecule has 2 saturated carbocycles. The summed E-state index contributed by atoms with van der Waals surface area (Å²) in [6, 6.07) is 6.60. The Bertz CT molecular complexity index is 651. The lowest BCUT2D eigenvalue weighted by Crippen LogP contribution is -2.50. The molecule has 1 aromatic carbocycles. The minimum Gasteiger partial charge on any atom is -0.393 e. The van der Waals surface area contributed by atoms with Crippen molar-refractivity contribution >= 4 is 11.9 Å². The van der Waals surface area contributed by atoms with E-state index in [0.717, 1.165) is 31.3 Å². The number of fused-ring (bicyclic) bond motifs is 1. The fraction of sp³-hybridized carbons (Fsp3) is 0.571. The summed E-state index contributed by atoms with van der Waals surface area (Å²) >= 11 is 0. The summed E-state index contributed by atoms with van der Waals surface area (Å²) in [4.78, 5) is 13.2. The molecule has 130 valence electrons. The normalized spacial score (nSPS) is 35.1. The van der Waals surface area contributed by atoms with Crippen molar-refractivity contribution in [2.45, 2.75) is 58.5 Å². The van der Waals surface area contributed by atoms with Crippen LogP contribution in [0.2, 0.25) is 0 Å². The van der Waals surface area contributed by atoms with Gasteiger partial charge in [0.15, 0.2) is 5.78 Å². The highest BCUT2D eigenvalue weighted by atomic mass is 19.1. The molecule has 0 heterocycles. The lowest BCUT2D eigenvalue weighted by atomic mass is 9.53. The van der Waals surface area contributed by atoms with Crippen LogP contribution < -0.4 is 0 Å². The Kier molecular flexibility index (Phi) is 4.91. The van der Waals surface area contributed by atoms with Crippen LogP contribution in [0.5, 0.6) is 0 Å². The van der Waals surface area contributed by atoms with E-state index >= 15 is 0 Å². The highest BCUT2D eigenvalue weighted by Gasteiger charge is 2.52. The number of ketones is 1. The molecule has 0 radical (unpaired) electrons. The molecule has 0 amide bonds. The van der Waals surface area contributed by atoms with E-state index in [9.17, 15) is 14.3 Å². The Balaban J connectivity index is 1.90. The van der Waals surface area contributed by atoms with E-state index in [0.29, 0.717) is 18.4 Å². The number of halogens is 1. The van der Waals surface area contributed by atoms with Crippen molar-refractivity contribution < 1.29 is 14.3 Å². The monoisotopic (exact) mass is 330 g/mol. The molecule has 0 saturated heterocycles. The van der Waals surface area contributed by atoms with Crippen molar-refractivity contribution in [1.82, 2.24) is 0 Å². The highest BCUT2D eigenvalue weighted by Crippen LogP contribution is 2.53. The Labute approximate surface area is 143 Å². The summed E-state index contributed by atoms with van der Waals surface area (Å²) in [5.41, 5.74) is 0.823. The van der Waals surface area contributed by atoms with Crippen molar-refractivity contribution in [2.24, 2.45) is 17.3 Å². The zero-order valence-corrected chi connectivity index (χ0v) is 14.6. The van der Waals surface area contributed by atoms with Crippen LogP contribution in [0.15, 0.2) is 29.8 Å². The molecule has 0 spiro atoms. The first-order chi connectivity index (χ1) is 11.5. The number of benzene rings is 1. The first-order valence-electron chi connectivity index (χ1n) is 9.15. The molecule has 3 rings (SSSR count). The van der Waals surface area contributed by atoms with Crippen LogP contribution in [0.4, 0.5) is 4.39 Å². The molecular formula is C21H27FO2. The lowest BCUT2D eigenvalue weighted by molar-refractivity contribution is -0.139. The van der Waals surface area contributed by atoms with Crippen LogP contribution in [0.25, 0.3) is 6.08 Å². The van der Waals surface area contributed by atoms with E-state index in [-0.39, 0.29) is 29.5 Å². The maximum absolute atomic E-state index is 13.9. The van der Waals surface area contributed by atoms with Gasteiger partial charge in [-0.1, -0.05) is 38.5 Å². The standard InChI is InChI=1S/C21H27FO2/c1-3-6-16-17-10-9-15(13-14-7-4-5-8-18(14)22)20(24)21(17,2)12-11-19(16)23/h4-5,7-8,13,16-17,19,23H,3,6,9-12H2,1-2H3/b15-13+/t16-,17-,19+,21-/m1/s1. The van der Waals surface area contributed by atoms with E-state index in [1.807, 2.05) is 0 Å². The van der Waals surface area contributed by atoms with Crippen LogP contribution in [-0.4, -0.2) is 17.0 Å². The predicted molar refractivity (Wildman–Crippen MR) is 93.9 cm³/mol. The van der Waals surface area contributed by atoms with Gasteiger partial charge in [0.2, 0.25) is 0 Å². The Morgan fingerprint density at radius 1 is 1.33 bits per heavy atom. The number of aliphatic hydroxyl groups is 1. The SMILES string of the molecule is CCC[C@@H]1[C@H]2CC/C(=C\c3ccccc3F)C(=O)[C@]2(C)CC[C@@H]1O. The molecule has 24 heavy (non-hydrogen) atoms. The fourth-order valence-corrected chi connectivity index (χ4v) is 4.84. The van der Waals surface area contributed by atoms with Crippen molar-refractivity contribution in [3.8, 4) is 0 Å². The Morgan fingerprint density at radius 2 is 2.08 bits per heavy atom. The second-order valence-corrected chi connectivity index (χ2v) is 7.64. The van der Waals surface area contributed by atoms with Gasteiger partial charge in [-0.3, -0.25) is 4.79 Å². The van der Waals surface area contributed by atoms with Gasteiger partial charge in [-0.05, 0) is 61.7 Å². The van der Waals surface area contributed by atoms with Gasteiger partial charge in [0, 0.05) is 11.0 Å². The number of allylic oxidation sites excluding steroid dienone is 1. The van der Waals surface area contributed by atoms with Crippen molar-refractivity contribution in [3.63, 3.8) is 0 Å². The highest BCUT2D eigenvalue weighted by molar-refractivity contribution is 6.04. The lowest BCUT2D eigenvalue weighted by Gasteiger charge is -2.50. The number of carbonyl (C=O) groups excluding carboxylic acids is 1. The molecule has 1 N–H and O–H groups in total. The molecular weight excluding hydrogens is 303 g/mol. The zero-order chi connectivity index (χ0) is 17.3. The summed E-state index contributed by atoms with van der Waals surface area (Å²) in [6.45, 7) is 4.19. The number of rotatable bonds is 3. The van der Waals surface area contributed by atoms with Crippen molar-refractivity contribution in [1.29, 1.82) is 0 Å². The maximum Gasteiger partial charge on any atom is 0.165 e. The second-order valence-electron chi connectivity index (χ2n) is 7.64. The molecule has 0 unspecified atom stereocenters. The molecule has 2 aliphatic rings. The molecule has 3 heteroatoms. The van der Waals surface area contributed by atoms with Crippen molar-refractivity contribution in [3.05, 3.63) is 41.2 Å². The molecule has 0 aliphatic heterocycles. The number of Topliss-reactive ketones (excluding diaryl/α,β-unsaturated/α-hetero) is 1. The first kappa shape index (κ1) is 17.3. The maximum atomic E-state index is 13.9. The summed E-state index contributed by atoms with van der Waals surface area (Å²) < 4.78 is 13.9. The van der Waals surface area contributed by atoms with Crippen LogP contribution in [0.3, 0.4) is 0 Å². The Morgan fingerprint density at radius 3 is 2.79 bits per heavy atom. The average molecular weight is 330 g/mol. The smallest absolute Gasteiger partial charge is 0.165 e. The number of aliphatic hydroxyl groups excluding tert-OH is 1. The fourth-order valence-electron chi connectivity index (χ4n) is 4.84. The van der Waals surface area contributed by atoms with Gasteiger partial charge in [-0.15, -0.1) is 0 Å². The van der Waals surface area contributed by atoms with Crippen LogP contribution in [0.1, 0.15) is 57.9 Å². The van der Waals surface area contributed by atoms with Gasteiger partial charge in [0.05, 0.1) is 6.10 Å². The minimum absolute atomic E-state index is 0.162. The molecule has 2 aliphatic carbocycles. The van der Waals surface area contributed by atoms with E-state index < -0.39 is 5.41 Å². The summed E-state index contributed by atoms with van der Waals surface area (Å²) in [7, 11) is 0. The zero-order valence-electron chi connectivity index (χ0n) is 14.6. The minimum atomic E-state index is -0.408. The molecule has 0 aromatic heterocycles. The topological polar surface area (TPSA) is 37.3 Å². The Hall–Kier alpha value is -1.48. The third-order valence-corrected chi connectivity index (χ3v) is 6.18. The van der Waals surface area contributed by atoms with Crippen molar-refractivity contribution in [2.75, 3.05) is 0 Å². The largest absolute Gasteiger partial charge is 0.393 e. The molecule has 1 aromatic rings. The van der Waals surface area contributed by atoms with Gasteiger partial charge in [0.25, 0.3) is 0 Å². The molecule has 2 fully saturated rings. The van der Waals surface area contributed by atoms with Gasteiger partial charge in [-0.25, -0.2) is 4.39 Å². The van der Waals surface area contributed by atoms with Gasteiger partial charge in [-0.2, -0.15) is 0 Å². The van der Waals surface area contributed by atoms with E-state index in [2.05, 4.69) is 13.8 Å². The third kappa shape index (κ3) is 2.95. The average Bonchev–Trinajstić information content (AvgIpc) is 2.57. The van der Waals surface area contributed by atoms with Gasteiger partial charge >= 0.3 is 0 Å². The van der Waals surface area contributed by atoms with Crippen LogP contribution in [-0.2, 0) is 4.79 Å². The molecule has 4 atom stereocenters. The van der Waals surface area contributed by atoms with E-state index in [4.69, 9.17) is 0 Å². The number of carbonyl (C=O) groups is 1. The van der Waals surface area contributed by atoms with E-state index in [1.54, 1.807) is 24.3 Å². The number of hydrogen-bond acceptors (Lipinski definition) is 2. The predicted octanol–water partition coefficient (Wildman–Crippen LogP) is 4.77. The van der Waals surface area contributed by atoms with Gasteiger partial charge in [0.1, 0.15) is 5.82 Å². The first-order valence-corrected chi connectivity index (χ1v) is 9.15. The third-order valence-electron chi connectivity index (χ3n) is 6.18. The second kappa shape index (κ2) is 6.79. The summed E-state index contributed by atoms with van der Waals surface area (Å²) in [6.07, 6.45) is 6.46. The summed E-state index contributed by atoms with van der Waals surface area (Å²) in [5, 5.41) is 10.4. The van der Waals surface area contributed by atoms with Gasteiger partial charge < -0.3 is 5.11 Å². The van der Waals surface area contributed by atoms with E-state index in [1.165, 1.54) is 6.07 Å². The molecule has 2 nitrogen and oxygen atoms in total.